The summed E-state index contributed by atoms with van der Waals surface area (Å²) in [4.78, 5) is 17.4. The van der Waals surface area contributed by atoms with E-state index >= 15 is 0 Å². The van der Waals surface area contributed by atoms with Crippen molar-refractivity contribution in [2.24, 2.45) is 0 Å². The van der Waals surface area contributed by atoms with E-state index < -0.39 is 0 Å². The van der Waals surface area contributed by atoms with Crippen LogP contribution in [0.2, 0.25) is 0 Å². The molecular formula is C25H26Br2N6O3. The van der Waals surface area contributed by atoms with Crippen molar-refractivity contribution in [1.82, 2.24) is 30.0 Å². The maximum atomic E-state index is 13.2. The van der Waals surface area contributed by atoms with E-state index in [1.807, 2.05) is 42.3 Å². The fraction of sp³-hybridized carbons (Fsp3) is 0.360. The minimum absolute atomic E-state index is 0.0347. The number of carbonyl (C=O) groups excluding carboxylic acids is 1. The number of furan rings is 1. The van der Waals surface area contributed by atoms with Crippen molar-refractivity contribution in [1.29, 1.82) is 0 Å². The highest BCUT2D eigenvalue weighted by atomic mass is 79.9. The molecule has 0 bridgehead atoms. The van der Waals surface area contributed by atoms with Crippen molar-refractivity contribution in [3.8, 4) is 11.5 Å². The predicted molar refractivity (Wildman–Crippen MR) is 140 cm³/mol. The normalized spacial score (nSPS) is 15.0. The average molecular weight is 618 g/mol. The van der Waals surface area contributed by atoms with Crippen molar-refractivity contribution < 1.29 is 13.7 Å². The van der Waals surface area contributed by atoms with E-state index in [4.69, 9.17) is 8.94 Å². The highest BCUT2D eigenvalue weighted by molar-refractivity contribution is 9.11. The van der Waals surface area contributed by atoms with Gasteiger partial charge in [0.15, 0.2) is 5.76 Å². The first-order chi connectivity index (χ1) is 17.2. The van der Waals surface area contributed by atoms with Gasteiger partial charge in [-0.1, -0.05) is 26.3 Å². The minimum Gasteiger partial charge on any atom is -0.461 e. The van der Waals surface area contributed by atoms with Gasteiger partial charge in [0.05, 0.1) is 30.1 Å². The van der Waals surface area contributed by atoms with Crippen LogP contribution in [0.15, 0.2) is 60.7 Å². The molecule has 0 aliphatic carbocycles. The number of aromatic nitrogens is 4. The third-order valence-corrected chi connectivity index (χ3v) is 8.16. The zero-order chi connectivity index (χ0) is 25.4. The highest BCUT2D eigenvalue weighted by Crippen LogP contribution is 2.30. The van der Waals surface area contributed by atoms with Gasteiger partial charge < -0.3 is 13.8 Å². The molecule has 0 N–H and O–H groups in total. The molecule has 9 nitrogen and oxygen atoms in total. The number of carbonyl (C=O) groups is 1. The lowest BCUT2D eigenvalue weighted by molar-refractivity contribution is 0.0378. The zero-order valence-electron chi connectivity index (χ0n) is 20.2. The molecular weight excluding hydrogens is 592 g/mol. The summed E-state index contributed by atoms with van der Waals surface area (Å²) in [6.45, 7) is 9.49. The summed E-state index contributed by atoms with van der Waals surface area (Å²) in [7, 11) is 0. The Morgan fingerprint density at radius 3 is 2.58 bits per heavy atom. The molecule has 36 heavy (non-hydrogen) atoms. The molecule has 0 saturated carbocycles. The van der Waals surface area contributed by atoms with E-state index in [1.54, 1.807) is 17.0 Å². The Morgan fingerprint density at radius 1 is 1.08 bits per heavy atom. The smallest absolute Gasteiger partial charge is 0.255 e. The fourth-order valence-electron chi connectivity index (χ4n) is 4.35. The van der Waals surface area contributed by atoms with E-state index in [2.05, 4.69) is 66.1 Å². The van der Waals surface area contributed by atoms with E-state index in [1.165, 1.54) is 0 Å². The maximum absolute atomic E-state index is 13.2. The molecule has 3 aromatic heterocycles. The number of hydrogen-bond acceptors (Lipinski definition) is 7. The molecule has 0 spiro atoms. The molecule has 1 saturated heterocycles. The van der Waals surface area contributed by atoms with E-state index in [9.17, 15) is 4.79 Å². The fourth-order valence-corrected chi connectivity index (χ4v) is 5.33. The van der Waals surface area contributed by atoms with Crippen LogP contribution in [0.4, 0.5) is 0 Å². The van der Waals surface area contributed by atoms with Crippen LogP contribution < -0.4 is 0 Å². The van der Waals surface area contributed by atoms with E-state index in [0.717, 1.165) is 39.0 Å². The predicted octanol–water partition coefficient (Wildman–Crippen LogP) is 5.10. The maximum Gasteiger partial charge on any atom is 0.255 e. The van der Waals surface area contributed by atoms with Crippen LogP contribution in [0.3, 0.4) is 0 Å². The summed E-state index contributed by atoms with van der Waals surface area (Å²) < 4.78 is 14.2. The third-order valence-electron chi connectivity index (χ3n) is 6.65. The highest BCUT2D eigenvalue weighted by Gasteiger charge is 2.35. The van der Waals surface area contributed by atoms with Gasteiger partial charge in [-0.3, -0.25) is 9.69 Å². The number of nitrogens with zero attached hydrogens (tertiary/aromatic N) is 6. The van der Waals surface area contributed by atoms with Crippen molar-refractivity contribution >= 4 is 37.8 Å². The van der Waals surface area contributed by atoms with Crippen molar-refractivity contribution in [3.05, 3.63) is 74.3 Å². The number of benzene rings is 1. The second-order valence-corrected chi connectivity index (χ2v) is 11.1. The Labute approximate surface area is 225 Å². The number of rotatable bonds is 6. The molecule has 1 fully saturated rings. The van der Waals surface area contributed by atoms with Crippen LogP contribution in [0.1, 0.15) is 41.2 Å². The van der Waals surface area contributed by atoms with Gasteiger partial charge in [0.1, 0.15) is 11.4 Å². The summed E-state index contributed by atoms with van der Waals surface area (Å²) >= 11 is 7.09. The quantitative estimate of drug-likeness (QED) is 0.297. The van der Waals surface area contributed by atoms with Gasteiger partial charge in [-0.15, -0.1) is 5.10 Å². The number of aryl methyl sites for hydroxylation is 1. The lowest BCUT2D eigenvalue weighted by Crippen LogP contribution is -2.54. The van der Waals surface area contributed by atoms with Crippen LogP contribution in [-0.4, -0.2) is 62.0 Å². The van der Waals surface area contributed by atoms with Gasteiger partial charge in [0.25, 0.3) is 5.91 Å². The molecule has 5 rings (SSSR count). The minimum atomic E-state index is -0.343. The summed E-state index contributed by atoms with van der Waals surface area (Å²) in [5.41, 5.74) is 3.01. The van der Waals surface area contributed by atoms with Gasteiger partial charge in [0.2, 0.25) is 5.76 Å². The molecule has 11 heteroatoms. The van der Waals surface area contributed by atoms with Crippen LogP contribution >= 0.6 is 31.9 Å². The van der Waals surface area contributed by atoms with Gasteiger partial charge in [-0.25, -0.2) is 4.68 Å². The lowest BCUT2D eigenvalue weighted by Gasteiger charge is -2.43. The van der Waals surface area contributed by atoms with Crippen LogP contribution in [0, 0.1) is 6.92 Å². The largest absolute Gasteiger partial charge is 0.461 e. The lowest BCUT2D eigenvalue weighted by atomic mass is 9.97. The van der Waals surface area contributed by atoms with Crippen LogP contribution in [-0.2, 0) is 12.1 Å². The molecule has 1 amide bonds. The van der Waals surface area contributed by atoms with Crippen LogP contribution in [0.25, 0.3) is 11.5 Å². The van der Waals surface area contributed by atoms with Gasteiger partial charge in [-0.05, 0) is 66.5 Å². The molecule has 1 aliphatic rings. The summed E-state index contributed by atoms with van der Waals surface area (Å²) in [5.74, 6) is 1.25. The molecule has 1 aliphatic heterocycles. The summed E-state index contributed by atoms with van der Waals surface area (Å²) in [5, 5.41) is 12.9. The Morgan fingerprint density at radius 2 is 1.86 bits per heavy atom. The molecule has 0 unspecified atom stereocenters. The van der Waals surface area contributed by atoms with Gasteiger partial charge >= 0.3 is 0 Å². The molecule has 0 atom stereocenters. The van der Waals surface area contributed by atoms with Crippen molar-refractivity contribution in [3.63, 3.8) is 0 Å². The molecule has 4 heterocycles. The monoisotopic (exact) mass is 616 g/mol. The number of piperazine rings is 1. The Balaban J connectivity index is 1.22. The zero-order valence-corrected chi connectivity index (χ0v) is 23.4. The van der Waals surface area contributed by atoms with Gasteiger partial charge in [0, 0.05) is 41.2 Å². The van der Waals surface area contributed by atoms with Gasteiger partial charge in [-0.2, -0.15) is 0 Å². The second kappa shape index (κ2) is 9.95. The summed E-state index contributed by atoms with van der Waals surface area (Å²) in [6, 6.07) is 9.33. The SMILES string of the molecule is Cc1cc(Br)c(C(=O)N2CCN(C(C)(C)c3cn(Cc4cc(-c5ccco5)on4)nn3)CC2)cc1Br. The topological polar surface area (TPSA) is 93.4 Å². The Hall–Kier alpha value is -2.76. The standard InChI is InChI=1S/C25H26Br2N6O3/c1-16-11-20(27)18(13-19(16)26)24(34)31-6-8-32(9-7-31)25(2,3)23-15-33(30-28-23)14-17-12-22(36-29-17)21-5-4-10-35-21/h4-5,10-13,15H,6-9,14H2,1-3H3. The van der Waals surface area contributed by atoms with E-state index in [0.29, 0.717) is 36.7 Å². The second-order valence-electron chi connectivity index (χ2n) is 9.38. The number of amides is 1. The first-order valence-electron chi connectivity index (χ1n) is 11.6. The van der Waals surface area contributed by atoms with Crippen molar-refractivity contribution in [2.45, 2.75) is 32.9 Å². The van der Waals surface area contributed by atoms with Crippen molar-refractivity contribution in [2.75, 3.05) is 26.2 Å². The Kier molecular flexibility index (Phi) is 6.88. The van der Waals surface area contributed by atoms with Crippen LogP contribution in [0.5, 0.6) is 0 Å². The molecule has 1 aromatic carbocycles. The Bertz CT molecular complexity index is 1370. The average Bonchev–Trinajstić information content (AvgIpc) is 3.63. The van der Waals surface area contributed by atoms with E-state index in [-0.39, 0.29) is 11.4 Å². The number of halogens is 2. The molecule has 0 radical (unpaired) electrons. The third kappa shape index (κ3) is 4.91. The summed E-state index contributed by atoms with van der Waals surface area (Å²) in [6.07, 6.45) is 3.54. The molecule has 188 valence electrons. The first-order valence-corrected chi connectivity index (χ1v) is 13.2. The molecule has 4 aromatic rings. The first kappa shape index (κ1) is 24.9. The number of hydrogen-bond donors (Lipinski definition) is 0.